The maximum atomic E-state index is 15.1. The zero-order chi connectivity index (χ0) is 25.2. The molecule has 3 aromatic rings. The summed E-state index contributed by atoms with van der Waals surface area (Å²) in [5, 5.41) is 6.49. The molecule has 1 saturated heterocycles. The topological polar surface area (TPSA) is 65.5 Å². The Bertz CT molecular complexity index is 1250. The van der Waals surface area contributed by atoms with Crippen LogP contribution < -0.4 is 25.2 Å². The second kappa shape index (κ2) is 10.5. The van der Waals surface area contributed by atoms with Crippen LogP contribution in [0.25, 0.3) is 11.3 Å². The van der Waals surface area contributed by atoms with Crippen LogP contribution in [0, 0.1) is 11.6 Å². The number of nitrogens with zero attached hydrogens (tertiary/aromatic N) is 4. The fourth-order valence-corrected chi connectivity index (χ4v) is 5.67. The molecule has 2 aliphatic rings. The van der Waals surface area contributed by atoms with E-state index in [4.69, 9.17) is 4.74 Å². The lowest BCUT2D eigenvalue weighted by Gasteiger charge is -2.34. The molecule has 5 rings (SSSR count). The molecule has 0 unspecified atom stereocenters. The minimum absolute atomic E-state index is 0.0536. The van der Waals surface area contributed by atoms with E-state index < -0.39 is 5.82 Å². The fraction of sp³-hybridized carbons (Fsp3) is 0.385. The molecule has 0 radical (unpaired) electrons. The van der Waals surface area contributed by atoms with Crippen molar-refractivity contribution in [3.05, 3.63) is 48.2 Å². The molecular weight excluding hydrogens is 482 g/mol. The van der Waals surface area contributed by atoms with Crippen LogP contribution in [0.1, 0.15) is 13.8 Å². The predicted molar refractivity (Wildman–Crippen MR) is 142 cm³/mol. The van der Waals surface area contributed by atoms with E-state index in [2.05, 4.69) is 44.2 Å². The van der Waals surface area contributed by atoms with Gasteiger partial charge in [0.25, 0.3) is 0 Å². The van der Waals surface area contributed by atoms with Crippen molar-refractivity contribution in [1.29, 1.82) is 0 Å². The third-order valence-corrected chi connectivity index (χ3v) is 7.53. The largest absolute Gasteiger partial charge is 0.495 e. The zero-order valence-electron chi connectivity index (χ0n) is 20.6. The summed E-state index contributed by atoms with van der Waals surface area (Å²) in [6.07, 6.45) is 1.11. The maximum absolute atomic E-state index is 15.1. The van der Waals surface area contributed by atoms with E-state index in [1.54, 1.807) is 7.11 Å². The van der Waals surface area contributed by atoms with Gasteiger partial charge in [-0.1, -0.05) is 0 Å². The van der Waals surface area contributed by atoms with Crippen molar-refractivity contribution in [2.75, 3.05) is 60.7 Å². The zero-order valence-corrected chi connectivity index (χ0v) is 21.5. The average molecular weight is 513 g/mol. The second-order valence-corrected chi connectivity index (χ2v) is 10.2. The Hall–Kier alpha value is -3.11. The molecule has 36 heavy (non-hydrogen) atoms. The summed E-state index contributed by atoms with van der Waals surface area (Å²) in [7, 11) is 1.64. The lowest BCUT2D eigenvalue weighted by molar-refractivity contribution is 0.413. The van der Waals surface area contributed by atoms with E-state index in [1.165, 1.54) is 17.8 Å². The van der Waals surface area contributed by atoms with Crippen molar-refractivity contribution >= 4 is 34.8 Å². The number of fused-ring (bicyclic) bond motifs is 1. The Morgan fingerprint density at radius 3 is 2.61 bits per heavy atom. The van der Waals surface area contributed by atoms with Gasteiger partial charge in [0, 0.05) is 61.8 Å². The molecule has 1 aromatic heterocycles. The Balaban J connectivity index is 1.45. The first-order chi connectivity index (χ1) is 17.4. The number of methoxy groups -OCH3 is 1. The first-order valence-electron chi connectivity index (χ1n) is 12.1. The van der Waals surface area contributed by atoms with Crippen molar-refractivity contribution in [3.8, 4) is 17.0 Å². The third-order valence-electron chi connectivity index (χ3n) is 6.45. The number of piperazine rings is 1. The first-order valence-corrected chi connectivity index (χ1v) is 13.1. The molecule has 3 heterocycles. The number of benzene rings is 2. The van der Waals surface area contributed by atoms with Crippen molar-refractivity contribution in [1.82, 2.24) is 15.3 Å². The molecule has 2 aliphatic heterocycles. The summed E-state index contributed by atoms with van der Waals surface area (Å²) in [6, 6.07) is 9.17. The van der Waals surface area contributed by atoms with Crippen LogP contribution in [0.15, 0.2) is 41.4 Å². The summed E-state index contributed by atoms with van der Waals surface area (Å²) in [4.78, 5) is 13.5. The molecule has 1 fully saturated rings. The van der Waals surface area contributed by atoms with E-state index in [9.17, 15) is 4.39 Å². The van der Waals surface area contributed by atoms with E-state index in [0.29, 0.717) is 16.1 Å². The summed E-state index contributed by atoms with van der Waals surface area (Å²) in [5.41, 5.74) is 2.94. The van der Waals surface area contributed by atoms with Gasteiger partial charge in [-0.2, -0.15) is 0 Å². The van der Waals surface area contributed by atoms with Crippen LogP contribution in [0.4, 0.5) is 31.8 Å². The monoisotopic (exact) mass is 512 g/mol. The Labute approximate surface area is 214 Å². The number of ether oxygens (including phenoxy) is 1. The highest BCUT2D eigenvalue weighted by molar-refractivity contribution is 7.99. The van der Waals surface area contributed by atoms with Crippen LogP contribution in [-0.2, 0) is 0 Å². The van der Waals surface area contributed by atoms with Gasteiger partial charge in [0.15, 0.2) is 5.82 Å². The van der Waals surface area contributed by atoms with Crippen LogP contribution in [0.3, 0.4) is 0 Å². The van der Waals surface area contributed by atoms with Crippen LogP contribution in [0.5, 0.6) is 5.75 Å². The SMILES string of the molecule is COc1cc(Nc2ncc(F)c(-c3cc(F)c4c(c3)N(C(C)C)CCS4)n2)ccc1N1CCNCC1. The highest BCUT2D eigenvalue weighted by Crippen LogP contribution is 2.41. The normalized spacial score (nSPS) is 15.7. The van der Waals surface area contributed by atoms with E-state index in [1.807, 2.05) is 24.3 Å². The van der Waals surface area contributed by atoms with Gasteiger partial charge in [0.05, 0.1) is 29.6 Å². The summed E-state index contributed by atoms with van der Waals surface area (Å²) < 4.78 is 35.6. The lowest BCUT2D eigenvalue weighted by Crippen LogP contribution is -2.43. The lowest BCUT2D eigenvalue weighted by atomic mass is 10.1. The van der Waals surface area contributed by atoms with Gasteiger partial charge in [-0.25, -0.2) is 18.7 Å². The maximum Gasteiger partial charge on any atom is 0.227 e. The highest BCUT2D eigenvalue weighted by Gasteiger charge is 2.25. The number of halogens is 2. The van der Waals surface area contributed by atoms with Gasteiger partial charge in [0.1, 0.15) is 17.3 Å². The van der Waals surface area contributed by atoms with E-state index in [0.717, 1.165) is 61.8 Å². The quantitative estimate of drug-likeness (QED) is 0.483. The minimum atomic E-state index is -0.605. The van der Waals surface area contributed by atoms with Gasteiger partial charge in [-0.05, 0) is 38.1 Å². The van der Waals surface area contributed by atoms with E-state index >= 15 is 4.39 Å². The van der Waals surface area contributed by atoms with Gasteiger partial charge < -0.3 is 25.2 Å². The van der Waals surface area contributed by atoms with Gasteiger partial charge in [-0.15, -0.1) is 11.8 Å². The molecule has 7 nitrogen and oxygen atoms in total. The molecule has 0 bridgehead atoms. The van der Waals surface area contributed by atoms with Crippen LogP contribution in [-0.4, -0.2) is 61.6 Å². The smallest absolute Gasteiger partial charge is 0.227 e. The summed E-state index contributed by atoms with van der Waals surface area (Å²) in [5.74, 6) is 0.794. The predicted octanol–water partition coefficient (Wildman–Crippen LogP) is 4.90. The number of aromatic nitrogens is 2. The standard InChI is InChI=1S/C26H30F2N6OS/c1-16(2)34-10-11-36-25-19(27)12-17(13-22(25)34)24-20(28)15-30-26(32-24)31-18-4-5-21(23(14-18)35-3)33-8-6-29-7-9-33/h4-5,12-16,29H,6-11H2,1-3H3,(H,30,31,32). The number of nitrogens with one attached hydrogen (secondary N) is 2. The molecule has 10 heteroatoms. The summed E-state index contributed by atoms with van der Waals surface area (Å²) in [6.45, 7) is 8.59. The summed E-state index contributed by atoms with van der Waals surface area (Å²) >= 11 is 1.49. The number of anilines is 4. The highest BCUT2D eigenvalue weighted by atomic mass is 32.2. The van der Waals surface area contributed by atoms with Crippen molar-refractivity contribution in [2.45, 2.75) is 24.8 Å². The number of hydrogen-bond donors (Lipinski definition) is 2. The fourth-order valence-electron chi connectivity index (χ4n) is 4.66. The molecule has 0 atom stereocenters. The van der Waals surface area contributed by atoms with E-state index in [-0.39, 0.29) is 23.5 Å². The second-order valence-electron chi connectivity index (χ2n) is 9.08. The Kier molecular flexibility index (Phi) is 7.15. The minimum Gasteiger partial charge on any atom is -0.495 e. The molecule has 0 spiro atoms. The van der Waals surface area contributed by atoms with Gasteiger partial charge in [0.2, 0.25) is 5.95 Å². The van der Waals surface area contributed by atoms with Crippen LogP contribution in [0.2, 0.25) is 0 Å². The van der Waals surface area contributed by atoms with Crippen LogP contribution >= 0.6 is 11.8 Å². The molecule has 0 saturated carbocycles. The first kappa shape index (κ1) is 24.6. The Morgan fingerprint density at radius 1 is 1.06 bits per heavy atom. The van der Waals surface area contributed by atoms with Crippen molar-refractivity contribution in [3.63, 3.8) is 0 Å². The number of thioether (sulfide) groups is 1. The molecule has 190 valence electrons. The molecule has 2 aromatic carbocycles. The van der Waals surface area contributed by atoms with Crippen molar-refractivity contribution < 1.29 is 13.5 Å². The van der Waals surface area contributed by atoms with Gasteiger partial charge in [-0.3, -0.25) is 0 Å². The van der Waals surface area contributed by atoms with Gasteiger partial charge >= 0.3 is 0 Å². The molecule has 0 aliphatic carbocycles. The molecule has 2 N–H and O–H groups in total. The molecular formula is C26H30F2N6OS. The molecule has 0 amide bonds. The number of rotatable bonds is 6. The number of hydrogen-bond acceptors (Lipinski definition) is 8. The Morgan fingerprint density at radius 2 is 1.86 bits per heavy atom. The average Bonchev–Trinajstić information content (AvgIpc) is 2.89. The van der Waals surface area contributed by atoms with Crippen molar-refractivity contribution in [2.24, 2.45) is 0 Å². The third kappa shape index (κ3) is 4.92.